The third-order valence-electron chi connectivity index (χ3n) is 3.91. The van der Waals surface area contributed by atoms with Crippen molar-refractivity contribution in [3.8, 4) is 23.0 Å². The van der Waals surface area contributed by atoms with Crippen LogP contribution in [0, 0.1) is 11.8 Å². The van der Waals surface area contributed by atoms with Crippen LogP contribution in [0.2, 0.25) is 0 Å². The van der Waals surface area contributed by atoms with E-state index in [-0.39, 0.29) is 0 Å². The van der Waals surface area contributed by atoms with E-state index in [0.717, 1.165) is 11.1 Å². The lowest BCUT2D eigenvalue weighted by Crippen LogP contribution is -1.89. The van der Waals surface area contributed by atoms with Crippen LogP contribution in [0.1, 0.15) is 36.5 Å². The maximum atomic E-state index is 3.33. The quantitative estimate of drug-likeness (QED) is 0.518. The molecule has 3 rings (SSSR count). The van der Waals surface area contributed by atoms with Crippen molar-refractivity contribution in [3.63, 3.8) is 0 Å². The van der Waals surface area contributed by atoms with Crippen LogP contribution in [0.15, 0.2) is 78.9 Å². The fourth-order valence-corrected chi connectivity index (χ4v) is 2.57. The molecule has 3 aromatic carbocycles. The highest BCUT2D eigenvalue weighted by Gasteiger charge is 2.05. The molecule has 0 spiro atoms. The van der Waals surface area contributed by atoms with Crippen molar-refractivity contribution in [2.24, 2.45) is 0 Å². The number of benzene rings is 3. The van der Waals surface area contributed by atoms with Gasteiger partial charge in [-0.1, -0.05) is 86.4 Å². The smallest absolute Gasteiger partial charge is 0.0327 e. The Morgan fingerprint density at radius 3 is 2.22 bits per heavy atom. The maximum absolute atomic E-state index is 3.33. The fraction of sp³-hybridized carbons (Fsp3) is 0.130. The molecule has 0 aromatic heterocycles. The van der Waals surface area contributed by atoms with Gasteiger partial charge in [-0.05, 0) is 40.8 Å². The van der Waals surface area contributed by atoms with E-state index in [2.05, 4.69) is 68.2 Å². The van der Waals surface area contributed by atoms with Gasteiger partial charge in [0.15, 0.2) is 0 Å². The van der Waals surface area contributed by atoms with Gasteiger partial charge in [-0.3, -0.25) is 0 Å². The second-order valence-corrected chi connectivity index (χ2v) is 5.94. The van der Waals surface area contributed by atoms with Crippen LogP contribution in [-0.2, 0) is 0 Å². The molecule has 0 heterocycles. The van der Waals surface area contributed by atoms with Crippen molar-refractivity contribution < 1.29 is 0 Å². The minimum Gasteiger partial charge on any atom is -0.0622 e. The highest BCUT2D eigenvalue weighted by Crippen LogP contribution is 2.26. The lowest BCUT2D eigenvalue weighted by molar-refractivity contribution is 0.867. The average molecular weight is 296 g/mol. The molecule has 0 unspecified atom stereocenters. The summed E-state index contributed by atoms with van der Waals surface area (Å²) in [5, 5.41) is 0. The summed E-state index contributed by atoms with van der Waals surface area (Å²) in [6.07, 6.45) is 0. The third-order valence-corrected chi connectivity index (χ3v) is 3.91. The van der Waals surface area contributed by atoms with Gasteiger partial charge in [0, 0.05) is 11.1 Å². The normalized spacial score (nSPS) is 10.2. The standard InChI is InChI=1S/C23H20/c1-18(2)21-12-8-13-22(17-21)23-14-7-6-11-20(23)16-15-19-9-4-3-5-10-19/h3-14,17-18H,1-2H3. The van der Waals surface area contributed by atoms with Gasteiger partial charge in [-0.25, -0.2) is 0 Å². The van der Waals surface area contributed by atoms with Gasteiger partial charge in [0.05, 0.1) is 0 Å². The molecular formula is C23H20. The molecule has 0 nitrogen and oxygen atoms in total. The summed E-state index contributed by atoms with van der Waals surface area (Å²) < 4.78 is 0. The molecular weight excluding hydrogens is 276 g/mol. The zero-order valence-electron chi connectivity index (χ0n) is 13.6. The summed E-state index contributed by atoms with van der Waals surface area (Å²) in [6.45, 7) is 4.44. The van der Waals surface area contributed by atoms with E-state index in [0.29, 0.717) is 5.92 Å². The molecule has 0 saturated carbocycles. The highest BCUT2D eigenvalue weighted by atomic mass is 14.1. The lowest BCUT2D eigenvalue weighted by atomic mass is 9.95. The molecule has 0 fully saturated rings. The first-order chi connectivity index (χ1) is 11.2. The first-order valence-corrected chi connectivity index (χ1v) is 8.00. The molecule has 0 N–H and O–H groups in total. The van der Waals surface area contributed by atoms with Gasteiger partial charge >= 0.3 is 0 Å². The van der Waals surface area contributed by atoms with E-state index >= 15 is 0 Å². The Kier molecular flexibility index (Phi) is 4.60. The predicted molar refractivity (Wildman–Crippen MR) is 98.4 cm³/mol. The molecule has 3 aromatic rings. The summed E-state index contributed by atoms with van der Waals surface area (Å²) in [5.74, 6) is 7.11. The van der Waals surface area contributed by atoms with Crippen LogP contribution in [0.4, 0.5) is 0 Å². The largest absolute Gasteiger partial charge is 0.0622 e. The summed E-state index contributed by atoms with van der Waals surface area (Å²) >= 11 is 0. The zero-order chi connectivity index (χ0) is 16.1. The first kappa shape index (κ1) is 15.1. The van der Waals surface area contributed by atoms with Gasteiger partial charge in [-0.2, -0.15) is 0 Å². The molecule has 0 aliphatic rings. The number of rotatable bonds is 2. The van der Waals surface area contributed by atoms with Gasteiger partial charge in [0.2, 0.25) is 0 Å². The number of hydrogen-bond donors (Lipinski definition) is 0. The molecule has 0 atom stereocenters. The summed E-state index contributed by atoms with van der Waals surface area (Å²) in [6, 6.07) is 27.2. The van der Waals surface area contributed by atoms with Gasteiger partial charge < -0.3 is 0 Å². The Morgan fingerprint density at radius 1 is 0.696 bits per heavy atom. The van der Waals surface area contributed by atoms with Crippen LogP contribution < -0.4 is 0 Å². The summed E-state index contributed by atoms with van der Waals surface area (Å²) in [7, 11) is 0. The Hall–Kier alpha value is -2.78. The molecule has 0 bridgehead atoms. The van der Waals surface area contributed by atoms with Crippen LogP contribution in [0.5, 0.6) is 0 Å². The maximum Gasteiger partial charge on any atom is 0.0327 e. The molecule has 0 radical (unpaired) electrons. The predicted octanol–water partition coefficient (Wildman–Crippen LogP) is 5.88. The molecule has 0 amide bonds. The van der Waals surface area contributed by atoms with Crippen molar-refractivity contribution in [2.75, 3.05) is 0 Å². The average Bonchev–Trinajstić information content (AvgIpc) is 2.61. The van der Waals surface area contributed by atoms with Gasteiger partial charge in [-0.15, -0.1) is 0 Å². The van der Waals surface area contributed by atoms with E-state index in [1.165, 1.54) is 16.7 Å². The highest BCUT2D eigenvalue weighted by molar-refractivity contribution is 5.72. The van der Waals surface area contributed by atoms with E-state index in [4.69, 9.17) is 0 Å². The Labute approximate surface area is 138 Å². The van der Waals surface area contributed by atoms with Crippen molar-refractivity contribution >= 4 is 0 Å². The summed E-state index contributed by atoms with van der Waals surface area (Å²) in [5.41, 5.74) is 5.89. The van der Waals surface area contributed by atoms with Crippen LogP contribution in [-0.4, -0.2) is 0 Å². The van der Waals surface area contributed by atoms with E-state index in [1.54, 1.807) is 0 Å². The number of hydrogen-bond acceptors (Lipinski definition) is 0. The zero-order valence-corrected chi connectivity index (χ0v) is 13.6. The monoisotopic (exact) mass is 296 g/mol. The molecule has 0 aliphatic carbocycles. The van der Waals surface area contributed by atoms with Crippen molar-refractivity contribution in [2.45, 2.75) is 19.8 Å². The topological polar surface area (TPSA) is 0 Å². The molecule has 0 aliphatic heterocycles. The van der Waals surface area contributed by atoms with Gasteiger partial charge in [0.1, 0.15) is 0 Å². The Bertz CT molecular complexity index is 846. The van der Waals surface area contributed by atoms with Crippen LogP contribution in [0.25, 0.3) is 11.1 Å². The van der Waals surface area contributed by atoms with Gasteiger partial charge in [0.25, 0.3) is 0 Å². The first-order valence-electron chi connectivity index (χ1n) is 8.00. The minimum absolute atomic E-state index is 0.525. The second-order valence-electron chi connectivity index (χ2n) is 5.94. The third kappa shape index (κ3) is 3.71. The van der Waals surface area contributed by atoms with E-state index in [1.807, 2.05) is 36.4 Å². The Morgan fingerprint density at radius 2 is 1.43 bits per heavy atom. The Balaban J connectivity index is 2.02. The second kappa shape index (κ2) is 6.99. The fourth-order valence-electron chi connectivity index (χ4n) is 2.57. The minimum atomic E-state index is 0.525. The molecule has 112 valence electrons. The van der Waals surface area contributed by atoms with Crippen molar-refractivity contribution in [1.29, 1.82) is 0 Å². The summed E-state index contributed by atoms with van der Waals surface area (Å²) in [4.78, 5) is 0. The van der Waals surface area contributed by atoms with E-state index < -0.39 is 0 Å². The van der Waals surface area contributed by atoms with E-state index in [9.17, 15) is 0 Å². The molecule has 23 heavy (non-hydrogen) atoms. The van der Waals surface area contributed by atoms with Crippen LogP contribution >= 0.6 is 0 Å². The molecule has 0 saturated heterocycles. The van der Waals surface area contributed by atoms with Crippen LogP contribution in [0.3, 0.4) is 0 Å². The van der Waals surface area contributed by atoms with Crippen molar-refractivity contribution in [1.82, 2.24) is 0 Å². The van der Waals surface area contributed by atoms with Crippen molar-refractivity contribution in [3.05, 3.63) is 95.6 Å². The SMILES string of the molecule is CC(C)c1cccc(-c2ccccc2C#Cc2ccccc2)c1. The molecule has 0 heteroatoms. The lowest BCUT2D eigenvalue weighted by Gasteiger charge is -2.09.